The van der Waals surface area contributed by atoms with E-state index in [9.17, 15) is 14.4 Å². The van der Waals surface area contributed by atoms with Crippen LogP contribution in [0.5, 0.6) is 11.5 Å². The molecule has 3 rings (SSSR count). The first-order valence-electron chi connectivity index (χ1n) is 9.08. The summed E-state index contributed by atoms with van der Waals surface area (Å²) in [5.74, 6) is -0.177. The smallest absolute Gasteiger partial charge is 0.253 e. The van der Waals surface area contributed by atoms with Crippen molar-refractivity contribution in [2.24, 2.45) is 0 Å². The number of hydrogen-bond donors (Lipinski definition) is 3. The number of ether oxygens (including phenoxy) is 2. The van der Waals surface area contributed by atoms with E-state index in [4.69, 9.17) is 32.7 Å². The molecule has 3 amide bonds. The fourth-order valence-corrected chi connectivity index (χ4v) is 3.19. The van der Waals surface area contributed by atoms with Gasteiger partial charge in [0.05, 0.1) is 23.7 Å². The molecule has 2 aromatic rings. The highest BCUT2D eigenvalue weighted by molar-refractivity contribution is 6.36. The number of nitrogens with one attached hydrogen (secondary N) is 3. The highest BCUT2D eigenvalue weighted by Gasteiger charge is 2.16. The Morgan fingerprint density at radius 3 is 2.43 bits per heavy atom. The van der Waals surface area contributed by atoms with Gasteiger partial charge in [-0.15, -0.1) is 0 Å². The summed E-state index contributed by atoms with van der Waals surface area (Å²) in [4.78, 5) is 36.0. The van der Waals surface area contributed by atoms with E-state index in [1.165, 1.54) is 18.2 Å². The first-order valence-corrected chi connectivity index (χ1v) is 9.84. The Morgan fingerprint density at radius 2 is 1.63 bits per heavy atom. The average molecular weight is 452 g/mol. The van der Waals surface area contributed by atoms with Crippen LogP contribution in [0.15, 0.2) is 36.4 Å². The predicted octanol–water partition coefficient (Wildman–Crippen LogP) is 1.93. The minimum absolute atomic E-state index is 0.178. The number of fused-ring (bicyclic) bond motifs is 1. The molecule has 0 atom stereocenters. The molecule has 10 heteroatoms. The highest BCUT2D eigenvalue weighted by Crippen LogP contribution is 2.33. The number of hydrogen-bond acceptors (Lipinski definition) is 5. The summed E-state index contributed by atoms with van der Waals surface area (Å²) in [6.45, 7) is 0.620. The van der Waals surface area contributed by atoms with Crippen molar-refractivity contribution in [2.75, 3.05) is 26.3 Å². The van der Waals surface area contributed by atoms with E-state index in [2.05, 4.69) is 16.0 Å². The minimum Gasteiger partial charge on any atom is -0.486 e. The number of carbonyl (C=O) groups is 3. The molecule has 1 heterocycles. The molecule has 0 aliphatic carbocycles. The van der Waals surface area contributed by atoms with E-state index in [1.54, 1.807) is 6.07 Å². The summed E-state index contributed by atoms with van der Waals surface area (Å²) < 4.78 is 11.1. The average Bonchev–Trinajstić information content (AvgIpc) is 2.74. The van der Waals surface area contributed by atoms with Gasteiger partial charge < -0.3 is 25.4 Å². The molecule has 30 heavy (non-hydrogen) atoms. The zero-order valence-corrected chi connectivity index (χ0v) is 17.3. The van der Waals surface area contributed by atoms with Crippen LogP contribution in [0.4, 0.5) is 0 Å². The van der Waals surface area contributed by atoms with Gasteiger partial charge in [-0.1, -0.05) is 35.3 Å². The topological polar surface area (TPSA) is 106 Å². The lowest BCUT2D eigenvalue weighted by Gasteiger charge is -2.21. The fourth-order valence-electron chi connectivity index (χ4n) is 2.70. The monoisotopic (exact) mass is 451 g/mol. The molecule has 8 nitrogen and oxygen atoms in total. The van der Waals surface area contributed by atoms with Crippen LogP contribution < -0.4 is 25.4 Å². The van der Waals surface area contributed by atoms with Crippen LogP contribution in [0.1, 0.15) is 15.9 Å². The third kappa shape index (κ3) is 5.77. The third-order valence-corrected chi connectivity index (χ3v) is 4.70. The van der Waals surface area contributed by atoms with Gasteiger partial charge in [0.15, 0.2) is 11.5 Å². The maximum Gasteiger partial charge on any atom is 0.253 e. The molecule has 0 radical (unpaired) electrons. The summed E-state index contributed by atoms with van der Waals surface area (Å²) in [5, 5.41) is 8.15. The second-order valence-electron chi connectivity index (χ2n) is 6.30. The molecule has 1 aliphatic rings. The Hall–Kier alpha value is -2.97. The summed E-state index contributed by atoms with van der Waals surface area (Å²) >= 11 is 11.7. The Bertz CT molecular complexity index is 967. The minimum atomic E-state index is -0.521. The fraction of sp³-hybridized carbons (Fsp3) is 0.250. The van der Waals surface area contributed by atoms with E-state index >= 15 is 0 Å². The molecule has 1 aliphatic heterocycles. The Labute approximate surface area is 182 Å². The summed E-state index contributed by atoms with van der Waals surface area (Å²) in [7, 11) is 0. The first-order chi connectivity index (χ1) is 14.4. The van der Waals surface area contributed by atoms with Crippen LogP contribution in [-0.2, 0) is 16.1 Å². The van der Waals surface area contributed by atoms with E-state index in [-0.39, 0.29) is 36.1 Å². The van der Waals surface area contributed by atoms with Crippen molar-refractivity contribution in [3.05, 3.63) is 57.6 Å². The quantitative estimate of drug-likeness (QED) is 0.596. The maximum absolute atomic E-state index is 12.1. The normalized spacial score (nSPS) is 12.1. The third-order valence-electron chi connectivity index (χ3n) is 4.16. The summed E-state index contributed by atoms with van der Waals surface area (Å²) in [5.41, 5.74) is 0.975. The van der Waals surface area contributed by atoms with Gasteiger partial charge in [-0.25, -0.2) is 0 Å². The van der Waals surface area contributed by atoms with Crippen molar-refractivity contribution < 1.29 is 23.9 Å². The number of rotatable bonds is 7. The van der Waals surface area contributed by atoms with Crippen LogP contribution >= 0.6 is 23.2 Å². The van der Waals surface area contributed by atoms with E-state index in [0.29, 0.717) is 29.7 Å². The SMILES string of the molecule is O=C(CNC(=O)CNC(=O)c1ccc(Cl)cc1Cl)NCc1cccc2c1OCCO2. The molecule has 0 aromatic heterocycles. The van der Waals surface area contributed by atoms with Crippen molar-refractivity contribution >= 4 is 40.9 Å². The van der Waals surface area contributed by atoms with Gasteiger partial charge in [0.2, 0.25) is 11.8 Å². The number of benzene rings is 2. The number of carbonyl (C=O) groups excluding carboxylic acids is 3. The van der Waals surface area contributed by atoms with Gasteiger partial charge in [-0.3, -0.25) is 14.4 Å². The summed E-state index contributed by atoms with van der Waals surface area (Å²) in [6.07, 6.45) is 0. The van der Waals surface area contributed by atoms with Crippen molar-refractivity contribution in [1.82, 2.24) is 16.0 Å². The molecule has 0 spiro atoms. The zero-order valence-electron chi connectivity index (χ0n) is 15.8. The molecule has 0 bridgehead atoms. The van der Waals surface area contributed by atoms with Gasteiger partial charge >= 0.3 is 0 Å². The first kappa shape index (κ1) is 21.7. The number of para-hydroxylation sites is 1. The molecule has 0 saturated carbocycles. The largest absolute Gasteiger partial charge is 0.486 e. The van der Waals surface area contributed by atoms with Crippen LogP contribution in [-0.4, -0.2) is 44.0 Å². The van der Waals surface area contributed by atoms with Crippen LogP contribution in [0, 0.1) is 0 Å². The van der Waals surface area contributed by atoms with Crippen molar-refractivity contribution in [2.45, 2.75) is 6.54 Å². The van der Waals surface area contributed by atoms with E-state index in [0.717, 1.165) is 5.56 Å². The Kier molecular flexibility index (Phi) is 7.37. The number of halogens is 2. The maximum atomic E-state index is 12.1. The lowest BCUT2D eigenvalue weighted by Crippen LogP contribution is -2.41. The van der Waals surface area contributed by atoms with Crippen molar-refractivity contribution in [1.29, 1.82) is 0 Å². The standard InChI is InChI=1S/C20H19Cl2N3O5/c21-13-4-5-14(15(22)8-13)20(28)25-11-18(27)24-10-17(26)23-9-12-2-1-3-16-19(12)30-7-6-29-16/h1-5,8H,6-7,9-11H2,(H,23,26)(H,24,27)(H,25,28). The lowest BCUT2D eigenvalue weighted by atomic mass is 10.1. The van der Waals surface area contributed by atoms with Crippen molar-refractivity contribution in [3.63, 3.8) is 0 Å². The highest BCUT2D eigenvalue weighted by atomic mass is 35.5. The van der Waals surface area contributed by atoms with Crippen molar-refractivity contribution in [3.8, 4) is 11.5 Å². The molecular weight excluding hydrogens is 433 g/mol. The van der Waals surface area contributed by atoms with Crippen LogP contribution in [0.25, 0.3) is 0 Å². The van der Waals surface area contributed by atoms with Gasteiger partial charge in [-0.05, 0) is 24.3 Å². The predicted molar refractivity (Wildman–Crippen MR) is 111 cm³/mol. The van der Waals surface area contributed by atoms with Crippen LogP contribution in [0.2, 0.25) is 10.0 Å². The molecule has 158 valence electrons. The Morgan fingerprint density at radius 1 is 0.900 bits per heavy atom. The molecular formula is C20H19Cl2N3O5. The van der Waals surface area contributed by atoms with Gasteiger partial charge in [0.1, 0.15) is 13.2 Å². The van der Waals surface area contributed by atoms with E-state index < -0.39 is 11.8 Å². The molecule has 0 fully saturated rings. The molecule has 0 saturated heterocycles. The summed E-state index contributed by atoms with van der Waals surface area (Å²) in [6, 6.07) is 9.85. The van der Waals surface area contributed by atoms with Gasteiger partial charge in [0.25, 0.3) is 5.91 Å². The Balaban J connectivity index is 1.40. The second-order valence-corrected chi connectivity index (χ2v) is 7.15. The number of amides is 3. The lowest BCUT2D eigenvalue weighted by molar-refractivity contribution is -0.125. The molecule has 2 aromatic carbocycles. The molecule has 0 unspecified atom stereocenters. The van der Waals surface area contributed by atoms with Gasteiger partial charge in [-0.2, -0.15) is 0 Å². The molecule has 3 N–H and O–H groups in total. The van der Waals surface area contributed by atoms with Crippen LogP contribution in [0.3, 0.4) is 0 Å². The second kappa shape index (κ2) is 10.2. The zero-order chi connectivity index (χ0) is 21.5. The van der Waals surface area contributed by atoms with E-state index in [1.807, 2.05) is 12.1 Å². The van der Waals surface area contributed by atoms with Gasteiger partial charge in [0, 0.05) is 17.1 Å².